The quantitative estimate of drug-likeness (QED) is 0.931. The number of morpholine rings is 1. The molecule has 0 bridgehead atoms. The van der Waals surface area contributed by atoms with Gasteiger partial charge < -0.3 is 15.0 Å². The van der Waals surface area contributed by atoms with Gasteiger partial charge in [0, 0.05) is 37.1 Å². The van der Waals surface area contributed by atoms with Crippen LogP contribution in [-0.2, 0) is 11.3 Å². The number of nitrogens with one attached hydrogen (secondary N) is 1. The molecule has 2 aromatic heterocycles. The smallest absolute Gasteiger partial charge is 0.134 e. The summed E-state index contributed by atoms with van der Waals surface area (Å²) in [6.45, 7) is 8.00. The summed E-state index contributed by atoms with van der Waals surface area (Å²) in [5.41, 5.74) is 3.28. The molecule has 1 saturated heterocycles. The van der Waals surface area contributed by atoms with Gasteiger partial charge in [-0.05, 0) is 31.5 Å². The van der Waals surface area contributed by atoms with Gasteiger partial charge in [-0.25, -0.2) is 9.97 Å². The van der Waals surface area contributed by atoms with Crippen LogP contribution in [0, 0.1) is 13.8 Å². The largest absolute Gasteiger partial charge is 0.378 e. The maximum Gasteiger partial charge on any atom is 0.134 e. The number of pyridine rings is 1. The number of hydrogen-bond acceptors (Lipinski definition) is 6. The second-order valence-corrected chi connectivity index (χ2v) is 5.47. The maximum atomic E-state index is 5.37. The van der Waals surface area contributed by atoms with Crippen LogP contribution in [0.15, 0.2) is 24.5 Å². The Kier molecular flexibility index (Phi) is 4.48. The normalized spacial score (nSPS) is 14.9. The summed E-state index contributed by atoms with van der Waals surface area (Å²) in [6, 6.07) is 6.17. The molecule has 3 rings (SSSR count). The van der Waals surface area contributed by atoms with Crippen LogP contribution in [0.1, 0.15) is 17.0 Å². The van der Waals surface area contributed by atoms with Crippen molar-refractivity contribution in [1.29, 1.82) is 0 Å². The number of aryl methyl sites for hydroxylation is 2. The van der Waals surface area contributed by atoms with Crippen molar-refractivity contribution >= 4 is 11.6 Å². The minimum atomic E-state index is 0.726. The van der Waals surface area contributed by atoms with E-state index in [0.717, 1.165) is 55.9 Å². The van der Waals surface area contributed by atoms with Crippen LogP contribution in [0.3, 0.4) is 0 Å². The highest BCUT2D eigenvalue weighted by atomic mass is 16.5. The molecule has 6 heteroatoms. The topological polar surface area (TPSA) is 63.2 Å². The van der Waals surface area contributed by atoms with Crippen LogP contribution < -0.4 is 10.2 Å². The fourth-order valence-electron chi connectivity index (χ4n) is 2.62. The molecule has 0 saturated carbocycles. The van der Waals surface area contributed by atoms with Crippen molar-refractivity contribution in [3.05, 3.63) is 41.5 Å². The van der Waals surface area contributed by atoms with Crippen LogP contribution in [0.25, 0.3) is 0 Å². The van der Waals surface area contributed by atoms with E-state index in [-0.39, 0.29) is 0 Å². The van der Waals surface area contributed by atoms with Gasteiger partial charge in [0.05, 0.1) is 13.2 Å². The molecule has 0 aromatic carbocycles. The summed E-state index contributed by atoms with van der Waals surface area (Å²) in [5.74, 6) is 1.78. The molecule has 0 radical (unpaired) electrons. The van der Waals surface area contributed by atoms with Crippen molar-refractivity contribution < 1.29 is 4.74 Å². The number of aromatic nitrogens is 3. The van der Waals surface area contributed by atoms with E-state index in [0.29, 0.717) is 0 Å². The van der Waals surface area contributed by atoms with E-state index in [1.165, 1.54) is 5.56 Å². The predicted octanol–water partition coefficient (Wildman–Crippen LogP) is 1.94. The Labute approximate surface area is 130 Å². The van der Waals surface area contributed by atoms with Gasteiger partial charge in [-0.2, -0.15) is 0 Å². The third-order valence-corrected chi connectivity index (χ3v) is 3.60. The zero-order chi connectivity index (χ0) is 15.4. The predicted molar refractivity (Wildman–Crippen MR) is 86.1 cm³/mol. The van der Waals surface area contributed by atoms with E-state index in [9.17, 15) is 0 Å². The van der Waals surface area contributed by atoms with Crippen molar-refractivity contribution in [2.75, 3.05) is 36.5 Å². The molecule has 0 atom stereocenters. The van der Waals surface area contributed by atoms with Crippen LogP contribution in [0.4, 0.5) is 11.6 Å². The van der Waals surface area contributed by atoms with E-state index < -0.39 is 0 Å². The lowest BCUT2D eigenvalue weighted by Crippen LogP contribution is -2.36. The van der Waals surface area contributed by atoms with E-state index >= 15 is 0 Å². The lowest BCUT2D eigenvalue weighted by Gasteiger charge is -2.27. The fraction of sp³-hybridized carbons (Fsp3) is 0.438. The molecule has 0 unspecified atom stereocenters. The minimum Gasteiger partial charge on any atom is -0.378 e. The van der Waals surface area contributed by atoms with Crippen LogP contribution in [0.2, 0.25) is 0 Å². The highest BCUT2D eigenvalue weighted by Crippen LogP contribution is 2.16. The van der Waals surface area contributed by atoms with Crippen molar-refractivity contribution in [2.45, 2.75) is 20.4 Å². The maximum absolute atomic E-state index is 5.37. The summed E-state index contributed by atoms with van der Waals surface area (Å²) in [6.07, 6.45) is 1.61. The summed E-state index contributed by atoms with van der Waals surface area (Å²) in [4.78, 5) is 15.3. The Hall–Kier alpha value is -2.21. The molecular formula is C16H21N5O. The van der Waals surface area contributed by atoms with Crippen molar-refractivity contribution in [2.24, 2.45) is 0 Å². The van der Waals surface area contributed by atoms with Gasteiger partial charge in [0.2, 0.25) is 0 Å². The third kappa shape index (κ3) is 3.71. The molecule has 116 valence electrons. The van der Waals surface area contributed by atoms with Crippen molar-refractivity contribution in [3.8, 4) is 0 Å². The Bertz CT molecular complexity index is 620. The zero-order valence-corrected chi connectivity index (χ0v) is 13.0. The Morgan fingerprint density at radius 2 is 1.82 bits per heavy atom. The number of ether oxygens (including phenoxy) is 1. The van der Waals surface area contributed by atoms with E-state index in [4.69, 9.17) is 4.74 Å². The van der Waals surface area contributed by atoms with Gasteiger partial charge in [0.15, 0.2) is 0 Å². The highest BCUT2D eigenvalue weighted by molar-refractivity contribution is 5.49. The first-order chi connectivity index (χ1) is 10.7. The summed E-state index contributed by atoms with van der Waals surface area (Å²) in [5, 5.41) is 3.36. The van der Waals surface area contributed by atoms with Gasteiger partial charge in [0.25, 0.3) is 0 Å². The van der Waals surface area contributed by atoms with Crippen LogP contribution in [0.5, 0.6) is 0 Å². The SMILES string of the molecule is Cc1cc(CNc2cc(N3CCOCC3)ncn2)cc(C)n1. The highest BCUT2D eigenvalue weighted by Gasteiger charge is 2.12. The molecule has 22 heavy (non-hydrogen) atoms. The van der Waals surface area contributed by atoms with Gasteiger partial charge in [-0.3, -0.25) is 4.98 Å². The molecule has 3 heterocycles. The molecule has 6 nitrogen and oxygen atoms in total. The Morgan fingerprint density at radius 1 is 1.09 bits per heavy atom. The molecular weight excluding hydrogens is 278 g/mol. The van der Waals surface area contributed by atoms with Gasteiger partial charge in [0.1, 0.15) is 18.0 Å². The monoisotopic (exact) mass is 299 g/mol. The van der Waals surface area contributed by atoms with Crippen LogP contribution in [-0.4, -0.2) is 41.3 Å². The first kappa shape index (κ1) is 14.7. The van der Waals surface area contributed by atoms with Crippen molar-refractivity contribution in [3.63, 3.8) is 0 Å². The molecule has 2 aromatic rings. The van der Waals surface area contributed by atoms with Crippen LogP contribution >= 0.6 is 0 Å². The van der Waals surface area contributed by atoms with Gasteiger partial charge in [-0.1, -0.05) is 0 Å². The fourth-order valence-corrected chi connectivity index (χ4v) is 2.62. The lowest BCUT2D eigenvalue weighted by molar-refractivity contribution is 0.122. The molecule has 0 amide bonds. The molecule has 0 aliphatic carbocycles. The minimum absolute atomic E-state index is 0.726. The number of rotatable bonds is 4. The molecule has 1 fully saturated rings. The Morgan fingerprint density at radius 3 is 2.55 bits per heavy atom. The first-order valence-corrected chi connectivity index (χ1v) is 7.53. The van der Waals surface area contributed by atoms with E-state index in [2.05, 4.69) is 37.3 Å². The standard InChI is InChI=1S/C16H21N5O/c1-12-7-14(8-13(2)20-12)10-17-15-9-16(19-11-18-15)21-3-5-22-6-4-21/h7-9,11H,3-6,10H2,1-2H3,(H,17,18,19). The summed E-state index contributed by atoms with van der Waals surface area (Å²) >= 11 is 0. The van der Waals surface area contributed by atoms with Crippen molar-refractivity contribution in [1.82, 2.24) is 15.0 Å². The van der Waals surface area contributed by atoms with Gasteiger partial charge in [-0.15, -0.1) is 0 Å². The lowest BCUT2D eigenvalue weighted by atomic mass is 10.2. The third-order valence-electron chi connectivity index (χ3n) is 3.60. The number of hydrogen-bond donors (Lipinski definition) is 1. The van der Waals surface area contributed by atoms with E-state index in [1.54, 1.807) is 6.33 Å². The Balaban J connectivity index is 1.67. The molecule has 1 aliphatic rings. The summed E-state index contributed by atoms with van der Waals surface area (Å²) in [7, 11) is 0. The average Bonchev–Trinajstić information content (AvgIpc) is 2.53. The molecule has 0 spiro atoms. The first-order valence-electron chi connectivity index (χ1n) is 7.53. The molecule has 1 aliphatic heterocycles. The zero-order valence-electron chi connectivity index (χ0n) is 13.0. The summed E-state index contributed by atoms with van der Waals surface area (Å²) < 4.78 is 5.37. The number of nitrogens with zero attached hydrogens (tertiary/aromatic N) is 4. The molecule has 1 N–H and O–H groups in total. The second-order valence-electron chi connectivity index (χ2n) is 5.47. The number of anilines is 2. The van der Waals surface area contributed by atoms with Gasteiger partial charge >= 0.3 is 0 Å². The second kappa shape index (κ2) is 6.70. The average molecular weight is 299 g/mol. The van der Waals surface area contributed by atoms with E-state index in [1.807, 2.05) is 19.9 Å².